The molecule has 0 spiro atoms. The van der Waals surface area contributed by atoms with Crippen molar-refractivity contribution in [1.29, 1.82) is 5.26 Å². The third-order valence-electron chi connectivity index (χ3n) is 5.72. The zero-order chi connectivity index (χ0) is 23.2. The standard InChI is InChI=1S/C28H24FN3O/c1-2-3-8-27-31-28(22-13-15-24(29)16-14-22)26(19-33)32(27)18-20-9-11-21(12-10-20)25-7-5-4-6-23(25)17-30/h4-7,9-16,19H,2-3,8,18H2,1H3. The Morgan fingerprint density at radius 2 is 1.70 bits per heavy atom. The molecule has 0 fully saturated rings. The fraction of sp³-hybridized carbons (Fsp3) is 0.179. The summed E-state index contributed by atoms with van der Waals surface area (Å²) in [5.74, 6) is 0.521. The summed E-state index contributed by atoms with van der Waals surface area (Å²) in [6, 6.07) is 23.8. The molecule has 0 aliphatic carbocycles. The fourth-order valence-corrected chi connectivity index (χ4v) is 3.96. The van der Waals surface area contributed by atoms with Crippen LogP contribution in [0, 0.1) is 17.1 Å². The van der Waals surface area contributed by atoms with Gasteiger partial charge in [-0.3, -0.25) is 4.79 Å². The highest BCUT2D eigenvalue weighted by Crippen LogP contribution is 2.27. The predicted molar refractivity (Wildman–Crippen MR) is 127 cm³/mol. The molecule has 0 aliphatic heterocycles. The summed E-state index contributed by atoms with van der Waals surface area (Å²) in [5.41, 5.74) is 5.31. The van der Waals surface area contributed by atoms with Crippen LogP contribution in [0.15, 0.2) is 72.8 Å². The quantitative estimate of drug-likeness (QED) is 0.298. The van der Waals surface area contributed by atoms with E-state index in [4.69, 9.17) is 4.98 Å². The summed E-state index contributed by atoms with van der Waals surface area (Å²) in [7, 11) is 0. The van der Waals surface area contributed by atoms with Crippen molar-refractivity contribution in [1.82, 2.24) is 9.55 Å². The van der Waals surface area contributed by atoms with Crippen molar-refractivity contribution in [3.8, 4) is 28.5 Å². The summed E-state index contributed by atoms with van der Waals surface area (Å²) < 4.78 is 15.4. The summed E-state index contributed by atoms with van der Waals surface area (Å²) in [6.45, 7) is 2.62. The minimum Gasteiger partial charge on any atom is -0.321 e. The van der Waals surface area contributed by atoms with Crippen LogP contribution in [-0.4, -0.2) is 15.8 Å². The minimum atomic E-state index is -0.324. The van der Waals surface area contributed by atoms with Crippen LogP contribution in [0.25, 0.3) is 22.4 Å². The second kappa shape index (κ2) is 10.1. The van der Waals surface area contributed by atoms with Gasteiger partial charge in [-0.15, -0.1) is 0 Å². The Morgan fingerprint density at radius 1 is 1.00 bits per heavy atom. The molecule has 0 atom stereocenters. The number of hydrogen-bond acceptors (Lipinski definition) is 3. The van der Waals surface area contributed by atoms with Gasteiger partial charge in [0.25, 0.3) is 0 Å². The Bertz CT molecular complexity index is 1300. The van der Waals surface area contributed by atoms with Crippen LogP contribution < -0.4 is 0 Å². The lowest BCUT2D eigenvalue weighted by Gasteiger charge is -2.11. The van der Waals surface area contributed by atoms with Crippen molar-refractivity contribution in [2.45, 2.75) is 32.7 Å². The van der Waals surface area contributed by atoms with Gasteiger partial charge in [-0.2, -0.15) is 5.26 Å². The molecule has 5 heteroatoms. The molecule has 0 radical (unpaired) electrons. The number of rotatable bonds is 8. The monoisotopic (exact) mass is 437 g/mol. The van der Waals surface area contributed by atoms with Crippen molar-refractivity contribution in [3.63, 3.8) is 0 Å². The molecule has 0 saturated carbocycles. The van der Waals surface area contributed by atoms with E-state index in [1.165, 1.54) is 12.1 Å². The van der Waals surface area contributed by atoms with Crippen molar-refractivity contribution in [3.05, 3.63) is 101 Å². The van der Waals surface area contributed by atoms with Crippen molar-refractivity contribution in [2.75, 3.05) is 0 Å². The molecule has 4 nitrogen and oxygen atoms in total. The molecule has 0 amide bonds. The Balaban J connectivity index is 1.70. The van der Waals surface area contributed by atoms with Gasteiger partial charge in [0.2, 0.25) is 0 Å². The predicted octanol–water partition coefficient (Wildman–Crippen LogP) is 6.43. The Labute approximate surface area is 193 Å². The van der Waals surface area contributed by atoms with Crippen LogP contribution in [-0.2, 0) is 13.0 Å². The SMILES string of the molecule is CCCCc1nc(-c2ccc(F)cc2)c(C=O)n1Cc1ccc(-c2ccccc2C#N)cc1. The minimum absolute atomic E-state index is 0.324. The van der Waals surface area contributed by atoms with Crippen LogP contribution in [0.5, 0.6) is 0 Å². The lowest BCUT2D eigenvalue weighted by Crippen LogP contribution is -2.09. The molecule has 1 heterocycles. The van der Waals surface area contributed by atoms with Gasteiger partial charge in [0.15, 0.2) is 6.29 Å². The summed E-state index contributed by atoms with van der Waals surface area (Å²) in [4.78, 5) is 16.9. The van der Waals surface area contributed by atoms with Gasteiger partial charge in [-0.25, -0.2) is 9.37 Å². The summed E-state index contributed by atoms with van der Waals surface area (Å²) in [6.07, 6.45) is 3.56. The van der Waals surface area contributed by atoms with Crippen LogP contribution >= 0.6 is 0 Å². The maximum absolute atomic E-state index is 13.4. The molecule has 1 aromatic heterocycles. The van der Waals surface area contributed by atoms with Gasteiger partial charge in [0, 0.05) is 18.5 Å². The second-order valence-electron chi connectivity index (χ2n) is 7.93. The van der Waals surface area contributed by atoms with Crippen LogP contribution in [0.3, 0.4) is 0 Å². The van der Waals surface area contributed by atoms with Crippen molar-refractivity contribution >= 4 is 6.29 Å². The molecule has 33 heavy (non-hydrogen) atoms. The van der Waals surface area contributed by atoms with E-state index in [1.807, 2.05) is 53.1 Å². The fourth-order valence-electron chi connectivity index (χ4n) is 3.96. The number of carbonyl (C=O) groups is 1. The van der Waals surface area contributed by atoms with E-state index in [9.17, 15) is 14.4 Å². The van der Waals surface area contributed by atoms with Gasteiger partial charge in [0.05, 0.1) is 17.3 Å². The maximum Gasteiger partial charge on any atom is 0.168 e. The number of aryl methyl sites for hydroxylation is 1. The Morgan fingerprint density at radius 3 is 2.36 bits per heavy atom. The first-order valence-electron chi connectivity index (χ1n) is 11.0. The van der Waals surface area contributed by atoms with E-state index in [1.54, 1.807) is 12.1 Å². The highest BCUT2D eigenvalue weighted by Gasteiger charge is 2.18. The zero-order valence-corrected chi connectivity index (χ0v) is 18.5. The van der Waals surface area contributed by atoms with Gasteiger partial charge in [-0.1, -0.05) is 55.8 Å². The third kappa shape index (κ3) is 4.75. The number of aromatic nitrogens is 2. The van der Waals surface area contributed by atoms with E-state index in [0.717, 1.165) is 53.6 Å². The topological polar surface area (TPSA) is 58.7 Å². The first-order valence-corrected chi connectivity index (χ1v) is 11.0. The van der Waals surface area contributed by atoms with Crippen LogP contribution in [0.2, 0.25) is 0 Å². The molecule has 164 valence electrons. The molecule has 0 unspecified atom stereocenters. The first-order chi connectivity index (χ1) is 16.1. The molecular weight excluding hydrogens is 413 g/mol. The number of carbonyl (C=O) groups excluding carboxylic acids is 1. The molecule has 0 saturated heterocycles. The van der Waals surface area contributed by atoms with Gasteiger partial charge in [-0.05, 0) is 53.4 Å². The number of halogens is 1. The molecule has 0 N–H and O–H groups in total. The van der Waals surface area contributed by atoms with Crippen molar-refractivity contribution < 1.29 is 9.18 Å². The number of nitriles is 1. The Hall–Kier alpha value is -4.04. The smallest absolute Gasteiger partial charge is 0.168 e. The van der Waals surface area contributed by atoms with Crippen molar-refractivity contribution in [2.24, 2.45) is 0 Å². The van der Waals surface area contributed by atoms with E-state index in [-0.39, 0.29) is 5.82 Å². The van der Waals surface area contributed by atoms with Crippen LogP contribution in [0.1, 0.15) is 47.2 Å². The summed E-state index contributed by atoms with van der Waals surface area (Å²) in [5, 5.41) is 9.39. The molecule has 3 aromatic carbocycles. The number of benzene rings is 3. The third-order valence-corrected chi connectivity index (χ3v) is 5.72. The molecule has 4 aromatic rings. The number of unbranched alkanes of at least 4 members (excludes halogenated alkanes) is 1. The second-order valence-corrected chi connectivity index (χ2v) is 7.93. The Kier molecular flexibility index (Phi) is 6.75. The highest BCUT2D eigenvalue weighted by molar-refractivity contribution is 5.84. The lowest BCUT2D eigenvalue weighted by atomic mass is 9.99. The van der Waals surface area contributed by atoms with Gasteiger partial charge in [0.1, 0.15) is 17.3 Å². The van der Waals surface area contributed by atoms with E-state index >= 15 is 0 Å². The van der Waals surface area contributed by atoms with E-state index in [2.05, 4.69) is 13.0 Å². The average Bonchev–Trinajstić information content (AvgIpc) is 3.20. The number of hydrogen-bond donors (Lipinski definition) is 0. The first kappa shape index (κ1) is 22.2. The van der Waals surface area contributed by atoms with E-state index in [0.29, 0.717) is 23.5 Å². The molecule has 0 aliphatic rings. The normalized spacial score (nSPS) is 10.7. The van der Waals surface area contributed by atoms with Gasteiger partial charge < -0.3 is 4.57 Å². The maximum atomic E-state index is 13.4. The molecule has 0 bridgehead atoms. The van der Waals surface area contributed by atoms with Gasteiger partial charge >= 0.3 is 0 Å². The van der Waals surface area contributed by atoms with E-state index < -0.39 is 0 Å². The largest absolute Gasteiger partial charge is 0.321 e. The summed E-state index contributed by atoms with van der Waals surface area (Å²) >= 11 is 0. The molecule has 4 rings (SSSR count). The van der Waals surface area contributed by atoms with Crippen LogP contribution in [0.4, 0.5) is 4.39 Å². The number of imidazole rings is 1. The number of nitrogens with zero attached hydrogens (tertiary/aromatic N) is 3. The molecular formula is C28H24FN3O. The lowest BCUT2D eigenvalue weighted by molar-refractivity contribution is 0.111. The average molecular weight is 438 g/mol. The zero-order valence-electron chi connectivity index (χ0n) is 18.5. The highest BCUT2D eigenvalue weighted by atomic mass is 19.1. The number of aldehydes is 1.